The maximum Gasteiger partial charge on any atom is 0.255 e. The van der Waals surface area contributed by atoms with Crippen molar-refractivity contribution in [1.29, 1.82) is 0 Å². The van der Waals surface area contributed by atoms with Crippen LogP contribution in [0.2, 0.25) is 0 Å². The molecule has 0 bridgehead atoms. The van der Waals surface area contributed by atoms with E-state index in [-0.39, 0.29) is 19.1 Å². The number of amides is 1. The van der Waals surface area contributed by atoms with E-state index in [0.717, 1.165) is 0 Å². The van der Waals surface area contributed by atoms with Crippen molar-refractivity contribution in [3.05, 3.63) is 36.5 Å². The molecule has 1 amide bonds. The van der Waals surface area contributed by atoms with Crippen LogP contribution in [0.1, 0.15) is 10.4 Å². The summed E-state index contributed by atoms with van der Waals surface area (Å²) in [7, 11) is 1.51. The van der Waals surface area contributed by atoms with Crippen LogP contribution in [0.5, 0.6) is 5.88 Å². The summed E-state index contributed by atoms with van der Waals surface area (Å²) in [6, 6.07) is 3.26. The Hall–Kier alpha value is -1.88. The Balaban J connectivity index is 2.80. The minimum Gasteiger partial charge on any atom is -0.481 e. The van der Waals surface area contributed by atoms with E-state index < -0.39 is 0 Å². The van der Waals surface area contributed by atoms with Crippen molar-refractivity contribution < 1.29 is 14.6 Å². The number of methoxy groups -OCH3 is 1. The molecule has 5 nitrogen and oxygen atoms in total. The molecule has 0 aliphatic heterocycles. The molecule has 0 aliphatic carbocycles. The number of nitrogens with zero attached hydrogens (tertiary/aromatic N) is 2. The van der Waals surface area contributed by atoms with Crippen LogP contribution in [0.4, 0.5) is 0 Å². The Kier molecular flexibility index (Phi) is 5.16. The van der Waals surface area contributed by atoms with Gasteiger partial charge in [-0.3, -0.25) is 4.79 Å². The number of ether oxygens (including phenoxy) is 1. The van der Waals surface area contributed by atoms with Gasteiger partial charge in [0.05, 0.1) is 19.3 Å². The van der Waals surface area contributed by atoms with E-state index in [4.69, 9.17) is 9.84 Å². The summed E-state index contributed by atoms with van der Waals surface area (Å²) in [5.41, 5.74) is 0.459. The van der Waals surface area contributed by atoms with Crippen molar-refractivity contribution >= 4 is 5.91 Å². The van der Waals surface area contributed by atoms with Crippen LogP contribution in [-0.2, 0) is 0 Å². The van der Waals surface area contributed by atoms with Crippen molar-refractivity contribution in [2.45, 2.75) is 0 Å². The highest BCUT2D eigenvalue weighted by Gasteiger charge is 2.14. The summed E-state index contributed by atoms with van der Waals surface area (Å²) in [6.07, 6.45) is 3.07. The topological polar surface area (TPSA) is 62.7 Å². The van der Waals surface area contributed by atoms with Gasteiger partial charge in [0.15, 0.2) is 0 Å². The van der Waals surface area contributed by atoms with Crippen LogP contribution >= 0.6 is 0 Å². The zero-order valence-corrected chi connectivity index (χ0v) is 9.80. The predicted octanol–water partition coefficient (Wildman–Crippen LogP) is 0.711. The molecule has 0 saturated carbocycles. The number of aliphatic hydroxyl groups excluding tert-OH is 1. The highest BCUT2D eigenvalue weighted by atomic mass is 16.5. The summed E-state index contributed by atoms with van der Waals surface area (Å²) in [6.45, 7) is 4.16. The van der Waals surface area contributed by atoms with Crippen LogP contribution in [0.3, 0.4) is 0 Å². The van der Waals surface area contributed by atoms with Gasteiger partial charge in [0.25, 0.3) is 5.91 Å². The van der Waals surface area contributed by atoms with Gasteiger partial charge in [0.2, 0.25) is 5.88 Å². The molecule has 0 unspecified atom stereocenters. The quantitative estimate of drug-likeness (QED) is 0.739. The molecule has 92 valence electrons. The van der Waals surface area contributed by atoms with Crippen LogP contribution < -0.4 is 4.74 Å². The highest BCUT2D eigenvalue weighted by molar-refractivity contribution is 5.94. The minimum absolute atomic E-state index is 0.0802. The maximum absolute atomic E-state index is 12.0. The van der Waals surface area contributed by atoms with Gasteiger partial charge in [-0.2, -0.15) is 0 Å². The molecule has 5 heteroatoms. The average Bonchev–Trinajstić information content (AvgIpc) is 2.38. The summed E-state index contributed by atoms with van der Waals surface area (Å²) in [4.78, 5) is 17.5. The van der Waals surface area contributed by atoms with Gasteiger partial charge in [0, 0.05) is 25.4 Å². The standard InChI is InChI=1S/C12H16N2O3/c1-3-6-14(7-8-15)12(16)10-4-5-11(17-2)13-9-10/h3-5,9,15H,1,6-8H2,2H3. The maximum atomic E-state index is 12.0. The average molecular weight is 236 g/mol. The van der Waals surface area contributed by atoms with E-state index in [2.05, 4.69) is 11.6 Å². The summed E-state index contributed by atoms with van der Waals surface area (Å²) >= 11 is 0. The molecular weight excluding hydrogens is 220 g/mol. The molecule has 0 atom stereocenters. The van der Waals surface area contributed by atoms with Crippen molar-refractivity contribution in [1.82, 2.24) is 9.88 Å². The summed E-state index contributed by atoms with van der Waals surface area (Å²) in [5.74, 6) is 0.271. The highest BCUT2D eigenvalue weighted by Crippen LogP contribution is 2.09. The molecule has 17 heavy (non-hydrogen) atoms. The van der Waals surface area contributed by atoms with Gasteiger partial charge in [-0.25, -0.2) is 4.98 Å². The first-order chi connectivity index (χ1) is 8.22. The number of aromatic nitrogens is 1. The number of hydrogen-bond donors (Lipinski definition) is 1. The molecule has 1 rings (SSSR count). The molecule has 1 heterocycles. The number of rotatable bonds is 6. The van der Waals surface area contributed by atoms with E-state index in [1.54, 1.807) is 18.2 Å². The van der Waals surface area contributed by atoms with E-state index in [1.807, 2.05) is 0 Å². The van der Waals surface area contributed by atoms with E-state index in [0.29, 0.717) is 18.0 Å². The van der Waals surface area contributed by atoms with Crippen molar-refractivity contribution in [3.63, 3.8) is 0 Å². The lowest BCUT2D eigenvalue weighted by atomic mass is 10.2. The molecule has 0 aliphatic rings. The summed E-state index contributed by atoms with van der Waals surface area (Å²) in [5, 5.41) is 8.88. The fourth-order valence-corrected chi connectivity index (χ4v) is 1.36. The molecule has 0 aromatic carbocycles. The van der Waals surface area contributed by atoms with Gasteiger partial charge >= 0.3 is 0 Å². The molecule has 1 N–H and O–H groups in total. The lowest BCUT2D eigenvalue weighted by Gasteiger charge is -2.19. The molecule has 1 aromatic rings. The molecule has 0 spiro atoms. The Bertz CT molecular complexity index is 376. The molecule has 0 radical (unpaired) electrons. The monoisotopic (exact) mass is 236 g/mol. The van der Waals surface area contributed by atoms with Gasteiger partial charge < -0.3 is 14.7 Å². The second kappa shape index (κ2) is 6.65. The number of carbonyl (C=O) groups is 1. The van der Waals surface area contributed by atoms with Crippen LogP contribution in [0.15, 0.2) is 31.0 Å². The van der Waals surface area contributed by atoms with Crippen molar-refractivity contribution in [2.24, 2.45) is 0 Å². The number of hydrogen-bond acceptors (Lipinski definition) is 4. The smallest absolute Gasteiger partial charge is 0.255 e. The fraction of sp³-hybridized carbons (Fsp3) is 0.333. The molecule has 0 fully saturated rings. The Morgan fingerprint density at radius 2 is 2.41 bits per heavy atom. The Labute approximate surface area is 100 Å². The van der Waals surface area contributed by atoms with Gasteiger partial charge in [-0.15, -0.1) is 6.58 Å². The second-order valence-electron chi connectivity index (χ2n) is 3.35. The molecule has 1 aromatic heterocycles. The second-order valence-corrected chi connectivity index (χ2v) is 3.35. The van der Waals surface area contributed by atoms with E-state index in [1.165, 1.54) is 18.2 Å². The Morgan fingerprint density at radius 1 is 1.65 bits per heavy atom. The first-order valence-electron chi connectivity index (χ1n) is 5.24. The van der Waals surface area contributed by atoms with Crippen LogP contribution in [0.25, 0.3) is 0 Å². The van der Waals surface area contributed by atoms with Crippen LogP contribution in [0, 0.1) is 0 Å². The van der Waals surface area contributed by atoms with Gasteiger partial charge in [-0.05, 0) is 6.07 Å². The van der Waals surface area contributed by atoms with E-state index in [9.17, 15) is 4.79 Å². The molecular formula is C12H16N2O3. The third-order valence-electron chi connectivity index (χ3n) is 2.20. The summed E-state index contributed by atoms with van der Waals surface area (Å²) < 4.78 is 4.91. The Morgan fingerprint density at radius 3 is 2.88 bits per heavy atom. The number of pyridine rings is 1. The zero-order chi connectivity index (χ0) is 12.7. The predicted molar refractivity (Wildman–Crippen MR) is 64.0 cm³/mol. The third kappa shape index (κ3) is 3.57. The zero-order valence-electron chi connectivity index (χ0n) is 9.80. The van der Waals surface area contributed by atoms with Crippen molar-refractivity contribution in [3.8, 4) is 5.88 Å². The van der Waals surface area contributed by atoms with Crippen LogP contribution in [-0.4, -0.2) is 47.7 Å². The minimum atomic E-state index is -0.186. The largest absolute Gasteiger partial charge is 0.481 e. The van der Waals surface area contributed by atoms with E-state index >= 15 is 0 Å². The normalized spacial score (nSPS) is 9.76. The number of carbonyl (C=O) groups excluding carboxylic acids is 1. The first-order valence-corrected chi connectivity index (χ1v) is 5.24. The lowest BCUT2D eigenvalue weighted by Crippen LogP contribution is -2.33. The third-order valence-corrected chi connectivity index (χ3v) is 2.20. The fourth-order valence-electron chi connectivity index (χ4n) is 1.36. The van der Waals surface area contributed by atoms with Crippen molar-refractivity contribution in [2.75, 3.05) is 26.8 Å². The van der Waals surface area contributed by atoms with Gasteiger partial charge in [0.1, 0.15) is 0 Å². The SMILES string of the molecule is C=CCN(CCO)C(=O)c1ccc(OC)nc1. The van der Waals surface area contributed by atoms with Gasteiger partial charge in [-0.1, -0.05) is 6.08 Å². The lowest BCUT2D eigenvalue weighted by molar-refractivity contribution is 0.0742. The molecule has 0 saturated heterocycles. The first kappa shape index (κ1) is 13.2. The number of aliphatic hydroxyl groups is 1.